The third kappa shape index (κ3) is 3.04. The van der Waals surface area contributed by atoms with Crippen LogP contribution in [0.5, 0.6) is 0 Å². The van der Waals surface area contributed by atoms with Crippen LogP contribution in [0.2, 0.25) is 0 Å². The van der Waals surface area contributed by atoms with Gasteiger partial charge >= 0.3 is 0 Å². The molecule has 0 saturated heterocycles. The standard InChI is InChI=1S/C12H11BrF3NO/c13-9-2-1-6(3-10(9)14)7-4-8(7)12(18)17-5-11(15)16/h1-3,7-8,11H,4-5H2,(H,17,18)/t7-,8+/m1/s1. The van der Waals surface area contributed by atoms with Crippen LogP contribution in [-0.2, 0) is 4.79 Å². The van der Waals surface area contributed by atoms with Gasteiger partial charge in [0.05, 0.1) is 11.0 Å². The maximum atomic E-state index is 13.3. The van der Waals surface area contributed by atoms with Crippen LogP contribution >= 0.6 is 15.9 Å². The fourth-order valence-corrected chi connectivity index (χ4v) is 2.15. The molecule has 1 aromatic carbocycles. The van der Waals surface area contributed by atoms with Crippen LogP contribution in [0.3, 0.4) is 0 Å². The second-order valence-electron chi connectivity index (χ2n) is 4.26. The van der Waals surface area contributed by atoms with E-state index in [2.05, 4.69) is 21.2 Å². The van der Waals surface area contributed by atoms with E-state index in [0.29, 0.717) is 10.9 Å². The van der Waals surface area contributed by atoms with Gasteiger partial charge in [0, 0.05) is 5.92 Å². The molecule has 2 nitrogen and oxygen atoms in total. The summed E-state index contributed by atoms with van der Waals surface area (Å²) in [6.07, 6.45) is -1.97. The first-order chi connectivity index (χ1) is 8.49. The first kappa shape index (κ1) is 13.4. The Bertz CT molecular complexity index is 467. The molecule has 98 valence electrons. The maximum absolute atomic E-state index is 13.3. The minimum atomic E-state index is -2.55. The lowest BCUT2D eigenvalue weighted by molar-refractivity contribution is -0.123. The second kappa shape index (κ2) is 5.30. The Labute approximate surface area is 111 Å². The molecule has 0 spiro atoms. The number of nitrogens with one attached hydrogen (secondary N) is 1. The number of carbonyl (C=O) groups is 1. The molecule has 0 aliphatic heterocycles. The molecular formula is C12H11BrF3NO. The monoisotopic (exact) mass is 321 g/mol. The van der Waals surface area contributed by atoms with Gasteiger partial charge in [0.15, 0.2) is 0 Å². The third-order valence-corrected chi connectivity index (χ3v) is 3.57. The fraction of sp³-hybridized carbons (Fsp3) is 0.417. The summed E-state index contributed by atoms with van der Waals surface area (Å²) in [5.41, 5.74) is 0.730. The number of amides is 1. The number of halogens is 4. The van der Waals surface area contributed by atoms with E-state index in [0.717, 1.165) is 5.56 Å². The summed E-state index contributed by atoms with van der Waals surface area (Å²) in [5.74, 6) is -1.15. The number of rotatable bonds is 4. The Morgan fingerprint density at radius 2 is 2.22 bits per heavy atom. The average Bonchev–Trinajstić information content (AvgIpc) is 3.09. The Morgan fingerprint density at radius 3 is 2.83 bits per heavy atom. The average molecular weight is 322 g/mol. The van der Waals surface area contributed by atoms with Crippen molar-refractivity contribution in [2.45, 2.75) is 18.8 Å². The van der Waals surface area contributed by atoms with Crippen molar-refractivity contribution in [2.24, 2.45) is 5.92 Å². The highest BCUT2D eigenvalue weighted by Gasteiger charge is 2.44. The van der Waals surface area contributed by atoms with E-state index in [1.54, 1.807) is 12.1 Å². The third-order valence-electron chi connectivity index (χ3n) is 2.93. The van der Waals surface area contributed by atoms with Crippen molar-refractivity contribution in [3.63, 3.8) is 0 Å². The summed E-state index contributed by atoms with van der Waals surface area (Å²) in [4.78, 5) is 11.5. The number of benzene rings is 1. The first-order valence-corrected chi connectivity index (χ1v) is 6.29. The zero-order valence-electron chi connectivity index (χ0n) is 9.30. The van der Waals surface area contributed by atoms with E-state index < -0.39 is 13.0 Å². The van der Waals surface area contributed by atoms with E-state index in [4.69, 9.17) is 0 Å². The maximum Gasteiger partial charge on any atom is 0.255 e. The smallest absolute Gasteiger partial charge is 0.255 e. The van der Waals surface area contributed by atoms with Gasteiger partial charge in [-0.25, -0.2) is 13.2 Å². The highest BCUT2D eigenvalue weighted by molar-refractivity contribution is 9.10. The molecule has 0 radical (unpaired) electrons. The van der Waals surface area contributed by atoms with Crippen molar-refractivity contribution in [1.29, 1.82) is 0 Å². The van der Waals surface area contributed by atoms with Gasteiger partial charge < -0.3 is 5.32 Å². The molecule has 18 heavy (non-hydrogen) atoms. The van der Waals surface area contributed by atoms with Gasteiger partial charge in [0.2, 0.25) is 5.91 Å². The molecule has 1 saturated carbocycles. The van der Waals surface area contributed by atoms with Crippen LogP contribution in [0, 0.1) is 11.7 Å². The summed E-state index contributed by atoms with van der Waals surface area (Å²) in [5, 5.41) is 2.18. The van der Waals surface area contributed by atoms with Gasteiger partial charge in [-0.1, -0.05) is 6.07 Å². The van der Waals surface area contributed by atoms with Gasteiger partial charge in [-0.3, -0.25) is 4.79 Å². The van der Waals surface area contributed by atoms with Crippen molar-refractivity contribution in [3.8, 4) is 0 Å². The van der Waals surface area contributed by atoms with E-state index in [-0.39, 0.29) is 23.6 Å². The van der Waals surface area contributed by atoms with E-state index in [1.165, 1.54) is 6.07 Å². The Balaban J connectivity index is 1.94. The largest absolute Gasteiger partial charge is 0.350 e. The molecule has 6 heteroatoms. The lowest BCUT2D eigenvalue weighted by Crippen LogP contribution is -2.30. The van der Waals surface area contributed by atoms with Crippen LogP contribution in [0.15, 0.2) is 22.7 Å². The Kier molecular flexibility index (Phi) is 3.94. The highest BCUT2D eigenvalue weighted by Crippen LogP contribution is 2.47. The molecule has 2 rings (SSSR count). The van der Waals surface area contributed by atoms with Gasteiger partial charge in [-0.2, -0.15) is 0 Å². The summed E-state index contributed by atoms with van der Waals surface area (Å²) in [7, 11) is 0. The zero-order valence-corrected chi connectivity index (χ0v) is 10.9. The van der Waals surface area contributed by atoms with Gasteiger partial charge in [-0.05, 0) is 46.0 Å². The SMILES string of the molecule is O=C(NCC(F)F)[C@H]1C[C@@H]1c1ccc(Br)c(F)c1. The van der Waals surface area contributed by atoms with Crippen LogP contribution in [-0.4, -0.2) is 18.9 Å². The summed E-state index contributed by atoms with van der Waals surface area (Å²) in [6, 6.07) is 4.68. The molecule has 2 atom stereocenters. The molecule has 1 aliphatic carbocycles. The first-order valence-electron chi connectivity index (χ1n) is 5.50. The van der Waals surface area contributed by atoms with Crippen LogP contribution in [0.4, 0.5) is 13.2 Å². The van der Waals surface area contributed by atoms with Crippen molar-refractivity contribution >= 4 is 21.8 Å². The molecule has 0 unspecified atom stereocenters. The minimum Gasteiger partial charge on any atom is -0.350 e. The number of alkyl halides is 2. The molecule has 1 N–H and O–H groups in total. The van der Waals surface area contributed by atoms with Crippen LogP contribution in [0.25, 0.3) is 0 Å². The zero-order chi connectivity index (χ0) is 13.3. The molecular weight excluding hydrogens is 311 g/mol. The van der Waals surface area contributed by atoms with Crippen molar-refractivity contribution in [2.75, 3.05) is 6.54 Å². The topological polar surface area (TPSA) is 29.1 Å². The van der Waals surface area contributed by atoms with Gasteiger partial charge in [0.25, 0.3) is 6.43 Å². The Morgan fingerprint density at radius 1 is 1.50 bits per heavy atom. The number of carbonyl (C=O) groups excluding carboxylic acids is 1. The summed E-state index contributed by atoms with van der Waals surface area (Å²) < 4.78 is 37.5. The van der Waals surface area contributed by atoms with Gasteiger partial charge in [-0.15, -0.1) is 0 Å². The molecule has 1 aromatic rings. The predicted molar refractivity (Wildman–Crippen MR) is 64.0 cm³/mol. The summed E-state index contributed by atoms with van der Waals surface area (Å²) >= 11 is 3.05. The van der Waals surface area contributed by atoms with E-state index in [9.17, 15) is 18.0 Å². The molecule has 1 fully saturated rings. The minimum absolute atomic E-state index is 0.0646. The molecule has 0 heterocycles. The van der Waals surface area contributed by atoms with E-state index in [1.807, 2.05) is 0 Å². The van der Waals surface area contributed by atoms with Gasteiger partial charge in [0.1, 0.15) is 5.82 Å². The molecule has 0 bridgehead atoms. The normalized spacial score (nSPS) is 22.1. The van der Waals surface area contributed by atoms with Crippen molar-refractivity contribution in [1.82, 2.24) is 5.32 Å². The van der Waals surface area contributed by atoms with Crippen molar-refractivity contribution in [3.05, 3.63) is 34.1 Å². The number of hydrogen-bond donors (Lipinski definition) is 1. The predicted octanol–water partition coefficient (Wildman–Crippen LogP) is 3.07. The number of hydrogen-bond acceptors (Lipinski definition) is 1. The summed E-state index contributed by atoms with van der Waals surface area (Å²) in [6.45, 7) is -0.628. The van der Waals surface area contributed by atoms with Crippen LogP contribution in [0.1, 0.15) is 17.9 Å². The lowest BCUT2D eigenvalue weighted by Gasteiger charge is -2.04. The molecule has 1 amide bonds. The van der Waals surface area contributed by atoms with Crippen LogP contribution < -0.4 is 5.32 Å². The van der Waals surface area contributed by atoms with E-state index >= 15 is 0 Å². The van der Waals surface area contributed by atoms with Crippen molar-refractivity contribution < 1.29 is 18.0 Å². The fourth-order valence-electron chi connectivity index (χ4n) is 1.91. The second-order valence-corrected chi connectivity index (χ2v) is 5.11. The molecule has 1 aliphatic rings. The lowest BCUT2D eigenvalue weighted by atomic mass is 10.1. The molecule has 0 aromatic heterocycles. The highest BCUT2D eigenvalue weighted by atomic mass is 79.9. The Hall–Kier alpha value is -1.04. The quantitative estimate of drug-likeness (QED) is 0.907.